The summed E-state index contributed by atoms with van der Waals surface area (Å²) in [4.78, 5) is 192. The van der Waals surface area contributed by atoms with Crippen LogP contribution in [0.2, 0.25) is 0 Å². The number of hydrogen-bond donors (Lipinski definition) is 3. The second-order valence-electron chi connectivity index (χ2n) is 30.3. The first kappa shape index (κ1) is 90.1. The van der Waals surface area contributed by atoms with Crippen LogP contribution in [-0.2, 0) is 92.2 Å². The van der Waals surface area contributed by atoms with E-state index in [9.17, 15) is 55.1 Å². The number of ether oxygens (including phenoxy) is 2. The molecule has 12 amide bonds. The van der Waals surface area contributed by atoms with Crippen LogP contribution in [0.1, 0.15) is 147 Å². The summed E-state index contributed by atoms with van der Waals surface area (Å²) in [7, 11) is 7.74. The van der Waals surface area contributed by atoms with Gasteiger partial charge in [0.05, 0.1) is 44.4 Å². The average Bonchev–Trinajstić information content (AvgIpc) is 1.17. The molecule has 2 aromatic carbocycles. The van der Waals surface area contributed by atoms with Gasteiger partial charge < -0.3 is 69.5 Å². The number of carbonyl (C=O) groups is 12. The van der Waals surface area contributed by atoms with E-state index in [0.717, 1.165) is 65.6 Å². The molecule has 5 aliphatic rings. The number of allylic oxidation sites excluding steroid dienone is 1. The van der Waals surface area contributed by atoms with E-state index in [2.05, 4.69) is 29.1 Å². The zero-order valence-electron chi connectivity index (χ0n) is 65.7. The minimum absolute atomic E-state index is 0.0229. The lowest BCUT2D eigenvalue weighted by molar-refractivity contribution is -0.159. The van der Waals surface area contributed by atoms with Crippen molar-refractivity contribution in [3.05, 3.63) is 95.1 Å². The minimum Gasteiger partial charge on any atom is -0.378 e. The molecular weight excluding hydrogens is 1480 g/mol. The summed E-state index contributed by atoms with van der Waals surface area (Å²) in [5.74, 6) is -15.5. The molecule has 3 saturated heterocycles. The molecule has 3 heterocycles. The predicted octanol–water partition coefficient (Wildman–Crippen LogP) is 6.07. The molecule has 112 heavy (non-hydrogen) atoms. The molecule has 2 aliphatic carbocycles. The lowest BCUT2D eigenvalue weighted by Gasteiger charge is -2.47. The van der Waals surface area contributed by atoms with Gasteiger partial charge in [-0.25, -0.2) is 8.78 Å². The molecule has 0 aromatic heterocycles. The van der Waals surface area contributed by atoms with Crippen LogP contribution in [0.15, 0.2) is 61.2 Å². The Kier molecular flexibility index (Phi) is 31.5. The highest BCUT2D eigenvalue weighted by molar-refractivity contribution is 6.01. The zero-order chi connectivity index (χ0) is 83.2. The Morgan fingerprint density at radius 2 is 1.31 bits per heavy atom. The summed E-state index contributed by atoms with van der Waals surface area (Å²) in [6, 6.07) is -7.72. The third kappa shape index (κ3) is 21.8. The van der Waals surface area contributed by atoms with Crippen LogP contribution in [0.5, 0.6) is 0 Å². The van der Waals surface area contributed by atoms with Gasteiger partial charge >= 0.3 is 12.4 Å². The number of nitrogens with zero attached hydrogens (tertiary/aromatic N) is 9. The number of amides is 12. The van der Waals surface area contributed by atoms with E-state index in [1.165, 1.54) is 58.0 Å². The maximum Gasteiger partial charge on any atom is 0.422 e. The largest absolute Gasteiger partial charge is 0.422 e. The van der Waals surface area contributed by atoms with Crippen molar-refractivity contribution in [3.63, 3.8) is 0 Å². The Morgan fingerprint density at radius 1 is 0.705 bits per heavy atom. The molecule has 34 heteroatoms. The number of nitrogens with one attached hydrogen (secondary N) is 3. The van der Waals surface area contributed by atoms with E-state index >= 15 is 37.5 Å². The monoisotopic (exact) mass is 1590 g/mol. The lowest BCUT2D eigenvalue weighted by atomic mass is 9.74. The standard InChI is InChI=1S/C78H108F8N12O14/c1-14-18-24-57-72(107)97(42-46(5)6)60(39-48-25-28-51(29-26-48)77(81,82)83)70(105)90(8)44-61(99)87-55(30-27-49-37-53(79)64(54(80)38-49)78(84,85)86)69(104)98-43-52(112-17-4)40-58(98)68(103)89-76(31-21-32-76)75(110)95(13)66(50-22-19-20-23-50)74(109)94(12)59(71(106)96-33-35-111-36-34-96)41-62(100)92(10)56(16-3)67(102)88-65(47(7)15-2)73(108)91(9)45-63(101)93(57)11/h14,25-26,28-29,37-38,47,50,52,55-60,65-66H,1,5,15-24,27,30-36,39-45H2,2-4,6-13H3,(H,87,99)(H,88,102)(H,89,103)/t47-,52+,55-,56-,57-,58-,59-,60-,65-,66+/m0/s1. The van der Waals surface area contributed by atoms with E-state index in [4.69, 9.17) is 9.47 Å². The van der Waals surface area contributed by atoms with Gasteiger partial charge in [-0.1, -0.05) is 70.4 Å². The van der Waals surface area contributed by atoms with Crippen LogP contribution in [-0.4, -0.2) is 276 Å². The predicted molar refractivity (Wildman–Crippen MR) is 394 cm³/mol. The van der Waals surface area contributed by atoms with E-state index in [0.29, 0.717) is 50.7 Å². The summed E-state index contributed by atoms with van der Waals surface area (Å²) in [6.07, 6.45) is -9.69. The van der Waals surface area contributed by atoms with Crippen molar-refractivity contribution in [3.8, 4) is 0 Å². The lowest BCUT2D eigenvalue weighted by Crippen LogP contribution is -2.68. The van der Waals surface area contributed by atoms with Gasteiger partial charge in [0.2, 0.25) is 70.9 Å². The number of likely N-dealkylation sites (N-methyl/N-ethyl adjacent to an activating group) is 6. The van der Waals surface area contributed by atoms with Crippen molar-refractivity contribution < 1.29 is 102 Å². The number of rotatable bonds is 17. The van der Waals surface area contributed by atoms with Gasteiger partial charge in [-0.3, -0.25) is 57.5 Å². The molecule has 620 valence electrons. The molecule has 7 rings (SSSR count). The van der Waals surface area contributed by atoms with Gasteiger partial charge in [-0.2, -0.15) is 26.3 Å². The molecule has 0 unspecified atom stereocenters. The van der Waals surface area contributed by atoms with Crippen molar-refractivity contribution >= 4 is 70.9 Å². The first-order valence-corrected chi connectivity index (χ1v) is 38.2. The van der Waals surface area contributed by atoms with Crippen LogP contribution in [0.4, 0.5) is 35.1 Å². The van der Waals surface area contributed by atoms with Gasteiger partial charge in [0.1, 0.15) is 71.1 Å². The molecule has 0 bridgehead atoms. The Labute approximate surface area is 648 Å². The maximum atomic E-state index is 15.7. The fourth-order valence-electron chi connectivity index (χ4n) is 15.5. The first-order chi connectivity index (χ1) is 52.6. The van der Waals surface area contributed by atoms with E-state index in [1.54, 1.807) is 27.7 Å². The number of carbonyl (C=O) groups excluding carboxylic acids is 12. The van der Waals surface area contributed by atoms with Gasteiger partial charge in [0.15, 0.2) is 0 Å². The number of halogens is 8. The van der Waals surface area contributed by atoms with Crippen molar-refractivity contribution in [2.24, 2.45) is 11.8 Å². The second kappa shape index (κ2) is 39.1. The minimum atomic E-state index is -5.47. The fraction of sp³-hybridized carbons (Fsp3) is 0.641. The molecular formula is C78H108F8N12O14. The van der Waals surface area contributed by atoms with Crippen molar-refractivity contribution in [1.29, 1.82) is 0 Å². The molecule has 2 aromatic rings. The Hall–Kier alpha value is -9.08. The third-order valence-electron chi connectivity index (χ3n) is 22.3. The first-order valence-electron chi connectivity index (χ1n) is 38.2. The summed E-state index contributed by atoms with van der Waals surface area (Å²) in [5, 5.41) is 8.24. The number of morpholine rings is 1. The molecule has 10 atom stereocenters. The van der Waals surface area contributed by atoms with Crippen molar-refractivity contribution in [1.82, 2.24) is 60.0 Å². The van der Waals surface area contributed by atoms with E-state index in [1.807, 2.05) is 0 Å². The summed E-state index contributed by atoms with van der Waals surface area (Å²) >= 11 is 0. The number of benzene rings is 2. The summed E-state index contributed by atoms with van der Waals surface area (Å²) in [5.41, 5.74) is -5.11. The number of hydrogen-bond acceptors (Lipinski definition) is 14. The fourth-order valence-corrected chi connectivity index (χ4v) is 15.5. The smallest absolute Gasteiger partial charge is 0.378 e. The molecule has 3 N–H and O–H groups in total. The van der Waals surface area contributed by atoms with Crippen LogP contribution in [0.25, 0.3) is 0 Å². The normalized spacial score (nSPS) is 25.5. The van der Waals surface area contributed by atoms with Gasteiger partial charge in [-0.15, -0.1) is 6.58 Å². The van der Waals surface area contributed by atoms with Crippen molar-refractivity contribution in [2.75, 3.05) is 101 Å². The summed E-state index contributed by atoms with van der Waals surface area (Å²) < 4.78 is 126. The quantitative estimate of drug-likeness (QED) is 0.120. The van der Waals surface area contributed by atoms with Crippen LogP contribution in [0, 0.1) is 23.5 Å². The molecule has 0 radical (unpaired) electrons. The topological polar surface area (TPSA) is 289 Å². The highest BCUT2D eigenvalue weighted by Gasteiger charge is 2.54. The number of aryl methyl sites for hydroxylation is 1. The van der Waals surface area contributed by atoms with Gasteiger partial charge in [-0.05, 0) is 125 Å². The SMILES string of the molecule is C=CCC[C@H]1C(=O)N(CC(=C)C)[C@@H](Cc2ccc(C(F)(F)F)cc2)C(=O)N(C)CC(=O)N[C@@H](CCc2cc(F)c(C(F)(F)F)c(F)c2)C(=O)N2C[C@H](OCC)C[C@H]2C(=O)NC2(CCC2)C(=O)N(C)[C@H](C2CCCC2)C(=O)N(C)[C@H](C(=O)N2CCOCC2)CC(=O)N(C)[C@@H](CC)C(=O)N[C@@H]([C@@H](C)CC)C(=O)N(C)CC(=O)N1C. The molecule has 3 aliphatic heterocycles. The average molecular weight is 1590 g/mol. The van der Waals surface area contributed by atoms with E-state index in [-0.39, 0.29) is 89.1 Å². The maximum absolute atomic E-state index is 15.7. The highest BCUT2D eigenvalue weighted by atomic mass is 19.4. The number of alkyl halides is 6. The second-order valence-corrected chi connectivity index (χ2v) is 30.3. The van der Waals surface area contributed by atoms with Crippen LogP contribution in [0.3, 0.4) is 0 Å². The highest BCUT2D eigenvalue weighted by Crippen LogP contribution is 2.40. The van der Waals surface area contributed by atoms with Crippen LogP contribution < -0.4 is 16.0 Å². The van der Waals surface area contributed by atoms with E-state index < -0.39 is 229 Å². The Morgan fingerprint density at radius 3 is 1.86 bits per heavy atom. The molecule has 5 fully saturated rings. The Bertz CT molecular complexity index is 3750. The van der Waals surface area contributed by atoms with Crippen LogP contribution >= 0.6 is 0 Å². The summed E-state index contributed by atoms with van der Waals surface area (Å²) in [6.45, 7) is 13.9. The van der Waals surface area contributed by atoms with Gasteiger partial charge in [0.25, 0.3) is 0 Å². The third-order valence-corrected chi connectivity index (χ3v) is 22.3. The number of fused-ring (bicyclic) bond motifs is 1. The Balaban J connectivity index is 1.37. The van der Waals surface area contributed by atoms with Crippen molar-refractivity contribution in [2.45, 2.75) is 210 Å². The molecule has 2 saturated carbocycles. The zero-order valence-corrected chi connectivity index (χ0v) is 65.7. The molecule has 1 spiro atoms. The van der Waals surface area contributed by atoms with Gasteiger partial charge in [0, 0.05) is 87.9 Å². The molecule has 26 nitrogen and oxygen atoms in total.